The summed E-state index contributed by atoms with van der Waals surface area (Å²) < 4.78 is 13.1. The lowest BCUT2D eigenvalue weighted by Crippen LogP contribution is -2.35. The summed E-state index contributed by atoms with van der Waals surface area (Å²) in [4.78, 5) is 18.0. The van der Waals surface area contributed by atoms with E-state index in [1.165, 1.54) is 0 Å². The summed E-state index contributed by atoms with van der Waals surface area (Å²) in [6.45, 7) is 4.07. The number of anilines is 2. The zero-order valence-corrected chi connectivity index (χ0v) is 20.3. The number of aromatic nitrogens is 6. The average Bonchev–Trinajstić information content (AvgIpc) is 3.30. The van der Waals surface area contributed by atoms with Crippen molar-refractivity contribution < 1.29 is 9.47 Å². The lowest BCUT2D eigenvalue weighted by molar-refractivity contribution is 0.0336. The molecule has 1 aliphatic heterocycles. The number of rotatable bonds is 6. The number of halogens is 1. The lowest BCUT2D eigenvalue weighted by atomic mass is 10.2. The van der Waals surface area contributed by atoms with Crippen molar-refractivity contribution in [1.29, 1.82) is 0 Å². The van der Waals surface area contributed by atoms with Crippen LogP contribution in [0.2, 0.25) is 5.28 Å². The van der Waals surface area contributed by atoms with Gasteiger partial charge in [0.05, 0.1) is 36.8 Å². The third-order valence-electron chi connectivity index (χ3n) is 6.11. The molecular formula is C25H23ClN8O2. The molecule has 3 aromatic heterocycles. The molecule has 0 unspecified atom stereocenters. The third kappa shape index (κ3) is 4.41. The van der Waals surface area contributed by atoms with Gasteiger partial charge in [-0.3, -0.25) is 9.88 Å². The Hall–Kier alpha value is -3.86. The van der Waals surface area contributed by atoms with E-state index >= 15 is 0 Å². The highest BCUT2D eigenvalue weighted by Gasteiger charge is 2.17. The second kappa shape index (κ2) is 9.65. The van der Waals surface area contributed by atoms with Crippen molar-refractivity contribution in [3.05, 3.63) is 71.9 Å². The minimum atomic E-state index is 0.273. The summed E-state index contributed by atoms with van der Waals surface area (Å²) in [6, 6.07) is 15.6. The summed E-state index contributed by atoms with van der Waals surface area (Å²) in [7, 11) is 1.95. The van der Waals surface area contributed by atoms with Crippen LogP contribution in [0.3, 0.4) is 0 Å². The van der Waals surface area contributed by atoms with E-state index in [1.807, 2.05) is 60.5 Å². The van der Waals surface area contributed by atoms with Crippen molar-refractivity contribution in [2.45, 2.75) is 6.54 Å². The van der Waals surface area contributed by atoms with Crippen molar-refractivity contribution >= 4 is 39.8 Å². The first-order chi connectivity index (χ1) is 17.7. The summed E-state index contributed by atoms with van der Waals surface area (Å²) in [5.41, 5.74) is 2.66. The van der Waals surface area contributed by atoms with E-state index in [0.29, 0.717) is 17.4 Å². The molecule has 0 radical (unpaired) electrons. The number of hydrogen-bond acceptors (Lipinski definition) is 9. The van der Waals surface area contributed by atoms with Gasteiger partial charge in [-0.1, -0.05) is 18.2 Å². The van der Waals surface area contributed by atoms with Gasteiger partial charge in [0.1, 0.15) is 11.6 Å². The Morgan fingerprint density at radius 3 is 2.72 bits per heavy atom. The van der Waals surface area contributed by atoms with Gasteiger partial charge in [0.15, 0.2) is 0 Å². The Kier molecular flexibility index (Phi) is 6.06. The standard InChI is InChI=1S/C25H23ClN8O2/c1-32(23-20-7-2-3-8-21(20)34-24(26)30-31-25(34)29-23)18-5-4-6-19(13-18)36-22-15-27-17(14-28-22)16-33-9-11-35-12-10-33/h2-8,13-15H,9-12,16H2,1H3. The molecule has 2 aromatic carbocycles. The third-order valence-corrected chi connectivity index (χ3v) is 6.36. The van der Waals surface area contributed by atoms with Crippen LogP contribution in [0.4, 0.5) is 11.5 Å². The van der Waals surface area contributed by atoms with Gasteiger partial charge in [-0.15, -0.1) is 10.2 Å². The maximum absolute atomic E-state index is 6.26. The second-order valence-electron chi connectivity index (χ2n) is 8.45. The maximum Gasteiger partial charge on any atom is 0.258 e. The SMILES string of the molecule is CN(c1cccc(Oc2cnc(CN3CCOCC3)cn2)c1)c1nc2nnc(Cl)n2c2ccccc12. The van der Waals surface area contributed by atoms with E-state index in [-0.39, 0.29) is 5.28 Å². The maximum atomic E-state index is 6.26. The molecule has 36 heavy (non-hydrogen) atoms. The summed E-state index contributed by atoms with van der Waals surface area (Å²) in [5, 5.41) is 9.28. The topological polar surface area (TPSA) is 93.8 Å². The van der Waals surface area contributed by atoms with Crippen molar-refractivity contribution in [1.82, 2.24) is 34.4 Å². The smallest absolute Gasteiger partial charge is 0.258 e. The van der Waals surface area contributed by atoms with Crippen LogP contribution in [0, 0.1) is 0 Å². The van der Waals surface area contributed by atoms with Gasteiger partial charge in [-0.25, -0.2) is 9.38 Å². The summed E-state index contributed by atoms with van der Waals surface area (Å²) in [6.07, 6.45) is 3.42. The quantitative estimate of drug-likeness (QED) is 0.340. The lowest BCUT2D eigenvalue weighted by Gasteiger charge is -2.25. The molecule has 0 N–H and O–H groups in total. The molecule has 0 aliphatic carbocycles. The molecule has 0 amide bonds. The Morgan fingerprint density at radius 1 is 1.03 bits per heavy atom. The van der Waals surface area contributed by atoms with E-state index in [4.69, 9.17) is 26.1 Å². The fourth-order valence-electron chi connectivity index (χ4n) is 4.27. The molecule has 1 aliphatic rings. The summed E-state index contributed by atoms with van der Waals surface area (Å²) in [5.74, 6) is 2.24. The number of nitrogens with zero attached hydrogens (tertiary/aromatic N) is 8. The van der Waals surface area contributed by atoms with Crippen LogP contribution >= 0.6 is 11.6 Å². The predicted octanol–water partition coefficient (Wildman–Crippen LogP) is 4.11. The van der Waals surface area contributed by atoms with Crippen molar-refractivity contribution in [3.63, 3.8) is 0 Å². The van der Waals surface area contributed by atoms with Crippen LogP contribution in [0.1, 0.15) is 5.69 Å². The number of fused-ring (bicyclic) bond motifs is 3. The zero-order valence-electron chi connectivity index (χ0n) is 19.6. The number of benzene rings is 2. The van der Waals surface area contributed by atoms with Gasteiger partial charge in [0.2, 0.25) is 11.2 Å². The highest BCUT2D eigenvalue weighted by atomic mass is 35.5. The van der Waals surface area contributed by atoms with Crippen molar-refractivity contribution in [2.24, 2.45) is 0 Å². The van der Waals surface area contributed by atoms with Crippen LogP contribution in [0.15, 0.2) is 60.9 Å². The van der Waals surface area contributed by atoms with Crippen molar-refractivity contribution in [3.8, 4) is 11.6 Å². The molecule has 182 valence electrons. The first kappa shape index (κ1) is 22.6. The largest absolute Gasteiger partial charge is 0.437 e. The highest BCUT2D eigenvalue weighted by Crippen LogP contribution is 2.33. The molecule has 6 rings (SSSR count). The Labute approximate surface area is 212 Å². The number of para-hydroxylation sites is 1. The minimum Gasteiger partial charge on any atom is -0.437 e. The molecule has 1 fully saturated rings. The van der Waals surface area contributed by atoms with Gasteiger partial charge < -0.3 is 14.4 Å². The fourth-order valence-corrected chi connectivity index (χ4v) is 4.47. The van der Waals surface area contributed by atoms with E-state index in [0.717, 1.165) is 61.0 Å². The van der Waals surface area contributed by atoms with Gasteiger partial charge in [-0.2, -0.15) is 4.98 Å². The molecule has 11 heteroatoms. The normalized spacial score (nSPS) is 14.4. The molecule has 0 atom stereocenters. The van der Waals surface area contributed by atoms with Crippen LogP contribution < -0.4 is 9.64 Å². The second-order valence-corrected chi connectivity index (χ2v) is 8.79. The molecule has 0 saturated carbocycles. The van der Waals surface area contributed by atoms with Gasteiger partial charge in [0.25, 0.3) is 5.78 Å². The van der Waals surface area contributed by atoms with E-state index in [2.05, 4.69) is 25.1 Å². The predicted molar refractivity (Wildman–Crippen MR) is 136 cm³/mol. The molecule has 0 spiro atoms. The molecular weight excluding hydrogens is 480 g/mol. The Balaban J connectivity index is 1.24. The monoisotopic (exact) mass is 502 g/mol. The molecule has 1 saturated heterocycles. The van der Waals surface area contributed by atoms with Crippen LogP contribution in [-0.2, 0) is 11.3 Å². The zero-order chi connectivity index (χ0) is 24.5. The van der Waals surface area contributed by atoms with Crippen molar-refractivity contribution in [2.75, 3.05) is 38.3 Å². The molecule has 5 aromatic rings. The van der Waals surface area contributed by atoms with E-state index in [9.17, 15) is 0 Å². The summed E-state index contributed by atoms with van der Waals surface area (Å²) >= 11 is 6.26. The number of hydrogen-bond donors (Lipinski definition) is 0. The minimum absolute atomic E-state index is 0.273. The average molecular weight is 503 g/mol. The van der Waals surface area contributed by atoms with Crippen LogP contribution in [-0.4, -0.2) is 67.8 Å². The van der Waals surface area contributed by atoms with E-state index in [1.54, 1.807) is 16.8 Å². The van der Waals surface area contributed by atoms with E-state index < -0.39 is 0 Å². The van der Waals surface area contributed by atoms with Crippen LogP contribution in [0.5, 0.6) is 11.6 Å². The molecule has 0 bridgehead atoms. The fraction of sp³-hybridized carbons (Fsp3) is 0.240. The Bertz CT molecular complexity index is 1520. The Morgan fingerprint density at radius 2 is 1.89 bits per heavy atom. The molecule has 10 nitrogen and oxygen atoms in total. The number of ether oxygens (including phenoxy) is 2. The van der Waals surface area contributed by atoms with Gasteiger partial charge >= 0.3 is 0 Å². The van der Waals surface area contributed by atoms with Gasteiger partial charge in [-0.05, 0) is 35.9 Å². The number of morpholine rings is 1. The van der Waals surface area contributed by atoms with Gasteiger partial charge in [0, 0.05) is 43.8 Å². The van der Waals surface area contributed by atoms with Crippen LogP contribution in [0.25, 0.3) is 16.7 Å². The highest BCUT2D eigenvalue weighted by molar-refractivity contribution is 6.29. The molecule has 4 heterocycles. The first-order valence-corrected chi connectivity index (χ1v) is 12.0. The first-order valence-electron chi connectivity index (χ1n) is 11.6.